The van der Waals surface area contributed by atoms with E-state index < -0.39 is 23.8 Å². The molecule has 0 spiro atoms. The normalized spacial score (nSPS) is 11.8. The predicted molar refractivity (Wildman–Crippen MR) is 92.7 cm³/mol. The van der Waals surface area contributed by atoms with Gasteiger partial charge in [-0.15, -0.1) is 11.8 Å². The van der Waals surface area contributed by atoms with Crippen molar-refractivity contribution in [1.82, 2.24) is 5.16 Å². The molecule has 2 aromatic rings. The maximum atomic E-state index is 12.8. The maximum absolute atomic E-state index is 12.8. The van der Waals surface area contributed by atoms with Crippen LogP contribution in [0.2, 0.25) is 0 Å². The van der Waals surface area contributed by atoms with Crippen LogP contribution in [0.4, 0.5) is 10.1 Å². The first-order valence-electron chi connectivity index (χ1n) is 7.62. The molecule has 0 saturated heterocycles. The van der Waals surface area contributed by atoms with E-state index in [0.717, 1.165) is 17.0 Å². The molecule has 1 amide bonds. The number of carbonyl (C=O) groups excluding carboxylic acids is 2. The van der Waals surface area contributed by atoms with Crippen LogP contribution in [0.25, 0.3) is 0 Å². The standard InChI is InChI=1S/C17H19FN2O4S/c1-10-15(11(2)24-20-10)8-25-9-16(21)23-12(3)17(22)19-14-6-4-13(18)5-7-14/h4-7,12H,8-9H2,1-3H3,(H,19,22)/t12-/m0/s1. The Labute approximate surface area is 149 Å². The Morgan fingerprint density at radius 2 is 2.00 bits per heavy atom. The number of amides is 1. The Hall–Kier alpha value is -2.35. The molecule has 134 valence electrons. The number of anilines is 1. The number of halogens is 1. The Morgan fingerprint density at radius 1 is 1.32 bits per heavy atom. The quantitative estimate of drug-likeness (QED) is 0.758. The van der Waals surface area contributed by atoms with Crippen LogP contribution in [-0.4, -0.2) is 28.9 Å². The predicted octanol–water partition coefficient (Wildman–Crippen LogP) is 3.23. The van der Waals surface area contributed by atoms with Gasteiger partial charge in [-0.05, 0) is 45.0 Å². The van der Waals surface area contributed by atoms with E-state index in [-0.39, 0.29) is 5.75 Å². The van der Waals surface area contributed by atoms with Gasteiger partial charge in [0.15, 0.2) is 6.10 Å². The van der Waals surface area contributed by atoms with Gasteiger partial charge in [0, 0.05) is 17.0 Å². The molecule has 1 N–H and O–H groups in total. The molecule has 0 radical (unpaired) electrons. The van der Waals surface area contributed by atoms with E-state index in [9.17, 15) is 14.0 Å². The molecule has 0 aliphatic rings. The molecular weight excluding hydrogens is 347 g/mol. The van der Waals surface area contributed by atoms with E-state index >= 15 is 0 Å². The van der Waals surface area contributed by atoms with Crippen molar-refractivity contribution in [1.29, 1.82) is 0 Å². The van der Waals surface area contributed by atoms with Crippen LogP contribution in [0.1, 0.15) is 23.9 Å². The third-order valence-electron chi connectivity index (χ3n) is 3.44. The third kappa shape index (κ3) is 5.60. The van der Waals surface area contributed by atoms with Crippen molar-refractivity contribution in [2.75, 3.05) is 11.1 Å². The minimum absolute atomic E-state index is 0.109. The molecule has 1 aromatic heterocycles. The molecule has 0 bridgehead atoms. The van der Waals surface area contributed by atoms with Crippen LogP contribution < -0.4 is 5.32 Å². The van der Waals surface area contributed by atoms with Gasteiger partial charge in [-0.2, -0.15) is 0 Å². The number of thioether (sulfide) groups is 1. The van der Waals surface area contributed by atoms with Gasteiger partial charge in [-0.25, -0.2) is 4.39 Å². The molecule has 6 nitrogen and oxygen atoms in total. The van der Waals surface area contributed by atoms with Crippen molar-refractivity contribution in [3.63, 3.8) is 0 Å². The molecule has 8 heteroatoms. The summed E-state index contributed by atoms with van der Waals surface area (Å²) < 4.78 is 23.0. The molecule has 1 heterocycles. The highest BCUT2D eigenvalue weighted by atomic mass is 32.2. The lowest BCUT2D eigenvalue weighted by atomic mass is 10.2. The van der Waals surface area contributed by atoms with E-state index in [0.29, 0.717) is 11.4 Å². The lowest BCUT2D eigenvalue weighted by Gasteiger charge is -2.13. The number of nitrogens with zero attached hydrogens (tertiary/aromatic N) is 1. The molecule has 0 aliphatic carbocycles. The SMILES string of the molecule is Cc1noc(C)c1CSCC(=O)O[C@@H](C)C(=O)Nc1ccc(F)cc1. The molecule has 1 atom stereocenters. The second-order valence-corrected chi connectivity index (χ2v) is 6.41. The van der Waals surface area contributed by atoms with Gasteiger partial charge in [0.05, 0.1) is 11.4 Å². The fourth-order valence-corrected chi connectivity index (χ4v) is 2.96. The number of benzene rings is 1. The highest BCUT2D eigenvalue weighted by Gasteiger charge is 2.18. The topological polar surface area (TPSA) is 81.4 Å². The average molecular weight is 366 g/mol. The second kappa shape index (κ2) is 8.66. The monoisotopic (exact) mass is 366 g/mol. The number of aromatic nitrogens is 1. The van der Waals surface area contributed by atoms with Gasteiger partial charge in [-0.1, -0.05) is 5.16 Å². The largest absolute Gasteiger partial charge is 0.452 e. The molecule has 25 heavy (non-hydrogen) atoms. The molecule has 0 saturated carbocycles. The van der Waals surface area contributed by atoms with Gasteiger partial charge in [0.2, 0.25) is 0 Å². The Balaban J connectivity index is 1.75. The van der Waals surface area contributed by atoms with E-state index in [1.807, 2.05) is 13.8 Å². The first-order chi connectivity index (χ1) is 11.9. The zero-order valence-corrected chi connectivity index (χ0v) is 15.0. The second-order valence-electron chi connectivity index (χ2n) is 5.42. The van der Waals surface area contributed by atoms with Crippen molar-refractivity contribution < 1.29 is 23.2 Å². The number of aryl methyl sites for hydroxylation is 2. The lowest BCUT2D eigenvalue weighted by molar-refractivity contribution is -0.150. The Kier molecular flexibility index (Phi) is 6.58. The van der Waals surface area contributed by atoms with Crippen LogP contribution in [0, 0.1) is 19.7 Å². The highest BCUT2D eigenvalue weighted by Crippen LogP contribution is 2.19. The molecule has 0 unspecified atom stereocenters. The smallest absolute Gasteiger partial charge is 0.316 e. The molecular formula is C17H19FN2O4S. The van der Waals surface area contributed by atoms with Crippen molar-refractivity contribution in [3.05, 3.63) is 47.1 Å². The van der Waals surface area contributed by atoms with E-state index in [2.05, 4.69) is 10.5 Å². The van der Waals surface area contributed by atoms with Crippen molar-refractivity contribution >= 4 is 29.3 Å². The lowest BCUT2D eigenvalue weighted by Crippen LogP contribution is -2.30. The summed E-state index contributed by atoms with van der Waals surface area (Å²) in [5, 5.41) is 6.41. The molecule has 2 rings (SSSR count). The van der Waals surface area contributed by atoms with E-state index in [1.54, 1.807) is 0 Å². The minimum atomic E-state index is -0.947. The minimum Gasteiger partial charge on any atom is -0.452 e. The Morgan fingerprint density at radius 3 is 2.60 bits per heavy atom. The van der Waals surface area contributed by atoms with Gasteiger partial charge >= 0.3 is 5.97 Å². The van der Waals surface area contributed by atoms with Gasteiger partial charge in [0.1, 0.15) is 11.6 Å². The third-order valence-corrected chi connectivity index (χ3v) is 4.37. The Bertz CT molecular complexity index is 726. The number of ether oxygens (including phenoxy) is 1. The highest BCUT2D eigenvalue weighted by molar-refractivity contribution is 7.99. The summed E-state index contributed by atoms with van der Waals surface area (Å²) in [5.74, 6) is 0.0531. The summed E-state index contributed by atoms with van der Waals surface area (Å²) in [7, 11) is 0. The van der Waals surface area contributed by atoms with Crippen LogP contribution in [0.5, 0.6) is 0 Å². The van der Waals surface area contributed by atoms with Crippen LogP contribution in [0.3, 0.4) is 0 Å². The number of hydrogen-bond acceptors (Lipinski definition) is 6. The summed E-state index contributed by atoms with van der Waals surface area (Å²) in [6, 6.07) is 5.33. The fourth-order valence-electron chi connectivity index (χ4n) is 2.01. The number of rotatable bonds is 7. The van der Waals surface area contributed by atoms with Crippen LogP contribution in [0.15, 0.2) is 28.8 Å². The van der Waals surface area contributed by atoms with Crippen molar-refractivity contribution in [2.45, 2.75) is 32.6 Å². The maximum Gasteiger partial charge on any atom is 0.316 e. The van der Waals surface area contributed by atoms with E-state index in [1.165, 1.54) is 43.0 Å². The number of hydrogen-bond donors (Lipinski definition) is 1. The van der Waals surface area contributed by atoms with E-state index in [4.69, 9.17) is 9.26 Å². The molecule has 0 fully saturated rings. The molecule has 0 aliphatic heterocycles. The van der Waals surface area contributed by atoms with Gasteiger partial charge in [0.25, 0.3) is 5.91 Å². The summed E-state index contributed by atoms with van der Waals surface area (Å²) in [6.45, 7) is 5.14. The molecule has 1 aromatic carbocycles. The first kappa shape index (κ1) is 19.0. The average Bonchev–Trinajstić information content (AvgIpc) is 2.88. The van der Waals surface area contributed by atoms with Crippen molar-refractivity contribution in [3.8, 4) is 0 Å². The summed E-state index contributed by atoms with van der Waals surface area (Å²) in [6.07, 6.45) is -0.947. The van der Waals surface area contributed by atoms with Crippen LogP contribution >= 0.6 is 11.8 Å². The number of nitrogens with one attached hydrogen (secondary N) is 1. The summed E-state index contributed by atoms with van der Waals surface area (Å²) >= 11 is 1.36. The van der Waals surface area contributed by atoms with Gasteiger partial charge in [-0.3, -0.25) is 9.59 Å². The summed E-state index contributed by atoms with van der Waals surface area (Å²) in [5.41, 5.74) is 2.19. The zero-order valence-electron chi connectivity index (χ0n) is 14.2. The number of carbonyl (C=O) groups is 2. The fraction of sp³-hybridized carbons (Fsp3) is 0.353. The van der Waals surface area contributed by atoms with Crippen LogP contribution in [-0.2, 0) is 20.1 Å². The number of esters is 1. The van der Waals surface area contributed by atoms with Gasteiger partial charge < -0.3 is 14.6 Å². The zero-order chi connectivity index (χ0) is 18.4. The summed E-state index contributed by atoms with van der Waals surface area (Å²) in [4.78, 5) is 23.8. The first-order valence-corrected chi connectivity index (χ1v) is 8.77. The van der Waals surface area contributed by atoms with Crippen molar-refractivity contribution in [2.24, 2.45) is 0 Å².